The molecule has 2 aromatic carbocycles. The van der Waals surface area contributed by atoms with Crippen LogP contribution in [0.25, 0.3) is 0 Å². The van der Waals surface area contributed by atoms with Gasteiger partial charge in [0.1, 0.15) is 13.3 Å². The number of rotatable bonds is 4. The van der Waals surface area contributed by atoms with E-state index in [9.17, 15) is 4.39 Å². The summed E-state index contributed by atoms with van der Waals surface area (Å²) in [7, 11) is 0. The summed E-state index contributed by atoms with van der Waals surface area (Å²) in [5.41, 5.74) is 2.02. The number of phenols is 1. The third-order valence-electron chi connectivity index (χ3n) is 3.32. The quantitative estimate of drug-likeness (QED) is 0.689. The number of aromatic hydroxyl groups is 1. The lowest BCUT2D eigenvalue weighted by Gasteiger charge is -2.04. The fourth-order valence-corrected chi connectivity index (χ4v) is 2.10. The molecule has 0 saturated heterocycles. The molecule has 0 atom stereocenters. The molecule has 0 saturated carbocycles. The first kappa shape index (κ1) is 14.2. The van der Waals surface area contributed by atoms with Gasteiger partial charge in [0.15, 0.2) is 11.6 Å². The zero-order valence-electron chi connectivity index (χ0n) is 12.0. The van der Waals surface area contributed by atoms with Crippen molar-refractivity contribution in [2.75, 3.05) is 6.67 Å². The van der Waals surface area contributed by atoms with Crippen molar-refractivity contribution in [1.82, 2.24) is 0 Å². The van der Waals surface area contributed by atoms with Crippen molar-refractivity contribution in [3.8, 4) is 5.75 Å². The molecule has 2 aromatic rings. The Morgan fingerprint density at radius 2 is 2.05 bits per heavy atom. The largest absolute Gasteiger partial charge is 0.505 e. The predicted octanol–water partition coefficient (Wildman–Crippen LogP) is 1.68. The molecule has 0 unspecified atom stereocenters. The van der Waals surface area contributed by atoms with E-state index in [2.05, 4.69) is 15.1 Å². The molecule has 112 valence electrons. The molecule has 0 aromatic heterocycles. The zero-order chi connectivity index (χ0) is 15.5. The molecule has 5 nitrogen and oxygen atoms in total. The van der Waals surface area contributed by atoms with Crippen LogP contribution >= 0.6 is 0 Å². The summed E-state index contributed by atoms with van der Waals surface area (Å²) >= 11 is 0. The van der Waals surface area contributed by atoms with Crippen LogP contribution in [-0.4, -0.2) is 17.5 Å². The Balaban J connectivity index is 1.69. The molecule has 6 heteroatoms. The third-order valence-corrected chi connectivity index (χ3v) is 3.32. The van der Waals surface area contributed by atoms with E-state index < -0.39 is 5.82 Å². The summed E-state index contributed by atoms with van der Waals surface area (Å²) in [6.45, 7) is 2.48. The van der Waals surface area contributed by atoms with E-state index in [1.807, 2.05) is 18.2 Å². The molecule has 1 aliphatic rings. The molecule has 0 spiro atoms. The van der Waals surface area contributed by atoms with Gasteiger partial charge in [-0.1, -0.05) is 11.2 Å². The SMILES string of the molecule is C/C(=N\OCc1ccc2c(c1)=NCN=2)c1ccc(O)c(F)c1. The first-order chi connectivity index (χ1) is 10.6. The first-order valence-electron chi connectivity index (χ1n) is 6.77. The number of halogens is 1. The lowest BCUT2D eigenvalue weighted by Crippen LogP contribution is -2.21. The number of nitrogens with zero attached hydrogens (tertiary/aromatic N) is 3. The highest BCUT2D eigenvalue weighted by Gasteiger charge is 2.05. The normalized spacial score (nSPS) is 13.3. The van der Waals surface area contributed by atoms with Gasteiger partial charge in [0.2, 0.25) is 0 Å². The minimum atomic E-state index is -0.684. The molecule has 0 bridgehead atoms. The van der Waals surface area contributed by atoms with Gasteiger partial charge in [0.25, 0.3) is 0 Å². The van der Waals surface area contributed by atoms with Crippen LogP contribution in [-0.2, 0) is 11.4 Å². The Bertz CT molecular complexity index is 862. The minimum Gasteiger partial charge on any atom is -0.505 e. The molecule has 1 heterocycles. The van der Waals surface area contributed by atoms with Gasteiger partial charge in [-0.25, -0.2) is 4.39 Å². The summed E-state index contributed by atoms with van der Waals surface area (Å²) in [5, 5.41) is 14.9. The van der Waals surface area contributed by atoms with Gasteiger partial charge in [-0.2, -0.15) is 0 Å². The molecule has 1 N–H and O–H groups in total. The van der Waals surface area contributed by atoms with Crippen LogP contribution < -0.4 is 10.7 Å². The number of hydrogen-bond acceptors (Lipinski definition) is 5. The summed E-state index contributed by atoms with van der Waals surface area (Å²) in [4.78, 5) is 13.8. The molecule has 1 aliphatic heterocycles. The summed E-state index contributed by atoms with van der Waals surface area (Å²) in [6.07, 6.45) is 0. The Morgan fingerprint density at radius 1 is 1.23 bits per heavy atom. The second kappa shape index (κ2) is 5.93. The molecule has 0 amide bonds. The second-order valence-corrected chi connectivity index (χ2v) is 4.90. The summed E-state index contributed by atoms with van der Waals surface area (Å²) < 4.78 is 13.3. The van der Waals surface area contributed by atoms with E-state index in [1.54, 1.807) is 13.0 Å². The van der Waals surface area contributed by atoms with E-state index in [0.29, 0.717) is 24.6 Å². The molecular weight excluding hydrogens is 285 g/mol. The average molecular weight is 299 g/mol. The zero-order valence-corrected chi connectivity index (χ0v) is 12.0. The van der Waals surface area contributed by atoms with E-state index in [1.165, 1.54) is 12.1 Å². The van der Waals surface area contributed by atoms with Gasteiger partial charge < -0.3 is 9.94 Å². The number of oxime groups is 1. The highest BCUT2D eigenvalue weighted by molar-refractivity contribution is 5.98. The molecule has 0 fully saturated rings. The standard InChI is InChI=1S/C16H14FN3O2/c1-10(12-3-5-16(21)13(17)7-12)20-22-8-11-2-4-14-15(6-11)19-9-18-14/h2-7,21H,8-9H2,1H3/b20-10+. The van der Waals surface area contributed by atoms with Gasteiger partial charge >= 0.3 is 0 Å². The van der Waals surface area contributed by atoms with Crippen LogP contribution in [0.4, 0.5) is 4.39 Å². The Labute approximate surface area is 126 Å². The maximum atomic E-state index is 13.3. The van der Waals surface area contributed by atoms with Crippen LogP contribution in [0.5, 0.6) is 5.75 Å². The van der Waals surface area contributed by atoms with Crippen molar-refractivity contribution in [2.45, 2.75) is 13.5 Å². The smallest absolute Gasteiger partial charge is 0.165 e. The first-order valence-corrected chi connectivity index (χ1v) is 6.77. The lowest BCUT2D eigenvalue weighted by atomic mass is 10.1. The number of phenolic OH excluding ortho intramolecular Hbond substituents is 1. The Hall–Kier alpha value is -2.76. The van der Waals surface area contributed by atoms with E-state index in [-0.39, 0.29) is 5.75 Å². The lowest BCUT2D eigenvalue weighted by molar-refractivity contribution is 0.130. The van der Waals surface area contributed by atoms with Gasteiger partial charge in [0, 0.05) is 5.56 Å². The second-order valence-electron chi connectivity index (χ2n) is 4.90. The monoisotopic (exact) mass is 299 g/mol. The van der Waals surface area contributed by atoms with Crippen molar-refractivity contribution in [3.63, 3.8) is 0 Å². The molecule has 0 radical (unpaired) electrons. The van der Waals surface area contributed by atoms with Crippen LogP contribution in [0.2, 0.25) is 0 Å². The molecule has 0 aliphatic carbocycles. The van der Waals surface area contributed by atoms with Crippen molar-refractivity contribution in [2.24, 2.45) is 15.1 Å². The van der Waals surface area contributed by atoms with Crippen LogP contribution in [0, 0.1) is 5.82 Å². The van der Waals surface area contributed by atoms with Crippen LogP contribution in [0.15, 0.2) is 51.5 Å². The van der Waals surface area contributed by atoms with Crippen molar-refractivity contribution >= 4 is 5.71 Å². The van der Waals surface area contributed by atoms with Gasteiger partial charge in [-0.3, -0.25) is 9.98 Å². The van der Waals surface area contributed by atoms with Crippen LogP contribution in [0.1, 0.15) is 18.1 Å². The minimum absolute atomic E-state index is 0.292. The van der Waals surface area contributed by atoms with Crippen molar-refractivity contribution < 1.29 is 14.3 Å². The fourth-order valence-electron chi connectivity index (χ4n) is 2.10. The van der Waals surface area contributed by atoms with Crippen molar-refractivity contribution in [3.05, 3.63) is 64.1 Å². The maximum Gasteiger partial charge on any atom is 0.165 e. The van der Waals surface area contributed by atoms with E-state index in [4.69, 9.17) is 9.94 Å². The Kier molecular flexibility index (Phi) is 3.82. The van der Waals surface area contributed by atoms with Crippen molar-refractivity contribution in [1.29, 1.82) is 0 Å². The highest BCUT2D eigenvalue weighted by Crippen LogP contribution is 2.16. The number of benzene rings is 2. The topological polar surface area (TPSA) is 66.5 Å². The van der Waals surface area contributed by atoms with Crippen LogP contribution in [0.3, 0.4) is 0 Å². The average Bonchev–Trinajstić information content (AvgIpc) is 2.97. The molecule has 22 heavy (non-hydrogen) atoms. The van der Waals surface area contributed by atoms with Gasteiger partial charge in [0.05, 0.1) is 16.4 Å². The van der Waals surface area contributed by atoms with E-state index >= 15 is 0 Å². The fraction of sp³-hybridized carbons (Fsp3) is 0.188. The highest BCUT2D eigenvalue weighted by atomic mass is 19.1. The predicted molar refractivity (Wildman–Crippen MR) is 78.7 cm³/mol. The number of hydrogen-bond donors (Lipinski definition) is 1. The van der Waals surface area contributed by atoms with Gasteiger partial charge in [-0.15, -0.1) is 0 Å². The number of fused-ring (bicyclic) bond motifs is 1. The third kappa shape index (κ3) is 2.95. The van der Waals surface area contributed by atoms with Gasteiger partial charge in [-0.05, 0) is 42.8 Å². The maximum absolute atomic E-state index is 13.3. The molecule has 3 rings (SSSR count). The summed E-state index contributed by atoms with van der Waals surface area (Å²) in [6, 6.07) is 9.81. The van der Waals surface area contributed by atoms with E-state index in [0.717, 1.165) is 16.3 Å². The molecular formula is C16H14FN3O2. The Morgan fingerprint density at radius 3 is 2.86 bits per heavy atom. The summed E-state index contributed by atoms with van der Waals surface area (Å²) in [5.74, 6) is -1.07.